The molecule has 7 heteroatoms. The van der Waals surface area contributed by atoms with Crippen molar-refractivity contribution in [3.05, 3.63) is 11.6 Å². The maximum Gasteiger partial charge on any atom is 0.290 e. The van der Waals surface area contributed by atoms with Crippen molar-refractivity contribution in [3.8, 4) is 0 Å². The Hall–Kier alpha value is -1.92. The minimum Gasteiger partial charge on any atom is -0.349 e. The van der Waals surface area contributed by atoms with E-state index in [4.69, 9.17) is 0 Å². The van der Waals surface area contributed by atoms with Gasteiger partial charge in [0, 0.05) is 26.1 Å². The van der Waals surface area contributed by atoms with E-state index in [0.717, 1.165) is 25.9 Å². The molecule has 19 heavy (non-hydrogen) atoms. The number of hydrogen-bond acceptors (Lipinski definition) is 4. The van der Waals surface area contributed by atoms with Crippen molar-refractivity contribution in [1.29, 1.82) is 0 Å². The molecule has 0 atom stereocenters. The summed E-state index contributed by atoms with van der Waals surface area (Å²) >= 11 is 0. The van der Waals surface area contributed by atoms with E-state index >= 15 is 0 Å². The van der Waals surface area contributed by atoms with E-state index < -0.39 is 0 Å². The number of rotatable bonds is 4. The Morgan fingerprint density at radius 1 is 1.32 bits per heavy atom. The van der Waals surface area contributed by atoms with Gasteiger partial charge in [-0.2, -0.15) is 0 Å². The molecule has 0 unspecified atom stereocenters. The number of piperidine rings is 1. The topological polar surface area (TPSA) is 91.0 Å². The molecule has 1 aromatic heterocycles. The number of carbonyl (C=O) groups excluding carboxylic acids is 2. The molecule has 0 aromatic carbocycles. The fraction of sp³-hybridized carbons (Fsp3) is 0.667. The van der Waals surface area contributed by atoms with Crippen LogP contribution >= 0.6 is 0 Å². The third-order valence-corrected chi connectivity index (χ3v) is 3.13. The lowest BCUT2D eigenvalue weighted by molar-refractivity contribution is -0.131. The standard InChI is InChI=1S/C12H19N5O2/c1-9-14-11(16-15-9)12(19)13-6-5-10(18)17-7-3-2-4-8-17/h2-8H2,1H3,(H,13,19)(H,14,15,16). The Balaban J connectivity index is 1.71. The molecule has 0 aliphatic carbocycles. The highest BCUT2D eigenvalue weighted by atomic mass is 16.2. The largest absolute Gasteiger partial charge is 0.349 e. The smallest absolute Gasteiger partial charge is 0.290 e. The van der Waals surface area contributed by atoms with Gasteiger partial charge >= 0.3 is 0 Å². The van der Waals surface area contributed by atoms with Gasteiger partial charge in [-0.1, -0.05) is 0 Å². The minimum absolute atomic E-state index is 0.103. The Morgan fingerprint density at radius 3 is 2.68 bits per heavy atom. The highest BCUT2D eigenvalue weighted by Gasteiger charge is 2.17. The predicted molar refractivity (Wildman–Crippen MR) is 68.5 cm³/mol. The van der Waals surface area contributed by atoms with Gasteiger partial charge in [0.2, 0.25) is 11.7 Å². The molecule has 2 heterocycles. The van der Waals surface area contributed by atoms with E-state index in [9.17, 15) is 9.59 Å². The summed E-state index contributed by atoms with van der Waals surface area (Å²) in [4.78, 5) is 29.3. The molecule has 1 aliphatic heterocycles. The zero-order valence-electron chi connectivity index (χ0n) is 11.1. The Kier molecular flexibility index (Phi) is 4.48. The molecule has 1 saturated heterocycles. The molecule has 2 rings (SSSR count). The highest BCUT2D eigenvalue weighted by molar-refractivity contribution is 5.90. The summed E-state index contributed by atoms with van der Waals surface area (Å²) in [5.41, 5.74) is 0. The minimum atomic E-state index is -0.351. The number of hydrogen-bond donors (Lipinski definition) is 2. The summed E-state index contributed by atoms with van der Waals surface area (Å²) in [7, 11) is 0. The molecule has 104 valence electrons. The molecule has 1 aromatic rings. The van der Waals surface area contributed by atoms with E-state index in [0.29, 0.717) is 18.8 Å². The fourth-order valence-electron chi connectivity index (χ4n) is 2.11. The van der Waals surface area contributed by atoms with Crippen molar-refractivity contribution in [2.75, 3.05) is 19.6 Å². The van der Waals surface area contributed by atoms with E-state index in [1.54, 1.807) is 6.92 Å². The number of likely N-dealkylation sites (tertiary alicyclic amines) is 1. The average molecular weight is 265 g/mol. The van der Waals surface area contributed by atoms with Crippen LogP contribution in [0.15, 0.2) is 0 Å². The average Bonchev–Trinajstić information content (AvgIpc) is 2.86. The van der Waals surface area contributed by atoms with Crippen molar-refractivity contribution >= 4 is 11.8 Å². The van der Waals surface area contributed by atoms with Crippen LogP contribution in [0, 0.1) is 6.92 Å². The SMILES string of the molecule is Cc1nc(C(=O)NCCC(=O)N2CCCCC2)n[nH]1. The third-order valence-electron chi connectivity index (χ3n) is 3.13. The van der Waals surface area contributed by atoms with Crippen molar-refractivity contribution in [2.24, 2.45) is 0 Å². The number of nitrogens with one attached hydrogen (secondary N) is 2. The van der Waals surface area contributed by atoms with Gasteiger partial charge in [0.05, 0.1) is 0 Å². The van der Waals surface area contributed by atoms with Gasteiger partial charge in [0.25, 0.3) is 5.91 Å². The molecule has 0 spiro atoms. The lowest BCUT2D eigenvalue weighted by atomic mass is 10.1. The normalized spacial score (nSPS) is 15.3. The molecule has 2 amide bonds. The molecule has 1 aliphatic rings. The molecule has 7 nitrogen and oxygen atoms in total. The van der Waals surface area contributed by atoms with Crippen LogP contribution < -0.4 is 5.32 Å². The second-order valence-corrected chi connectivity index (χ2v) is 4.69. The molecule has 0 saturated carbocycles. The number of H-pyrrole nitrogens is 1. The van der Waals surface area contributed by atoms with Gasteiger partial charge < -0.3 is 10.2 Å². The quantitative estimate of drug-likeness (QED) is 0.816. The number of aromatic amines is 1. The zero-order valence-corrected chi connectivity index (χ0v) is 11.1. The van der Waals surface area contributed by atoms with Crippen molar-refractivity contribution in [3.63, 3.8) is 0 Å². The van der Waals surface area contributed by atoms with Crippen molar-refractivity contribution in [1.82, 2.24) is 25.4 Å². The summed E-state index contributed by atoms with van der Waals surface area (Å²) in [5.74, 6) is 0.458. The van der Waals surface area contributed by atoms with Crippen LogP contribution in [0.5, 0.6) is 0 Å². The van der Waals surface area contributed by atoms with Crippen LogP contribution in [0.3, 0.4) is 0 Å². The second kappa shape index (κ2) is 6.31. The van der Waals surface area contributed by atoms with Gasteiger partial charge in [-0.3, -0.25) is 14.7 Å². The van der Waals surface area contributed by atoms with E-state index in [1.807, 2.05) is 4.90 Å². The van der Waals surface area contributed by atoms with Crippen molar-refractivity contribution in [2.45, 2.75) is 32.6 Å². The summed E-state index contributed by atoms with van der Waals surface area (Å²) in [6, 6.07) is 0. The maximum atomic E-state index is 11.9. The fourth-order valence-corrected chi connectivity index (χ4v) is 2.11. The first-order chi connectivity index (χ1) is 9.16. The van der Waals surface area contributed by atoms with Gasteiger partial charge in [-0.25, -0.2) is 4.98 Å². The lowest BCUT2D eigenvalue weighted by Crippen LogP contribution is -2.37. The van der Waals surface area contributed by atoms with E-state index in [1.165, 1.54) is 6.42 Å². The first-order valence-corrected chi connectivity index (χ1v) is 6.62. The monoisotopic (exact) mass is 265 g/mol. The second-order valence-electron chi connectivity index (χ2n) is 4.69. The number of amides is 2. The van der Waals surface area contributed by atoms with Crippen LogP contribution in [0.2, 0.25) is 0 Å². The van der Waals surface area contributed by atoms with Gasteiger partial charge in [0.15, 0.2) is 0 Å². The molecule has 0 bridgehead atoms. The van der Waals surface area contributed by atoms with Gasteiger partial charge in [0.1, 0.15) is 5.82 Å². The molecule has 1 fully saturated rings. The molecule has 2 N–H and O–H groups in total. The summed E-state index contributed by atoms with van der Waals surface area (Å²) < 4.78 is 0. The zero-order chi connectivity index (χ0) is 13.7. The van der Waals surface area contributed by atoms with Gasteiger partial charge in [-0.15, -0.1) is 5.10 Å². The summed E-state index contributed by atoms with van der Waals surface area (Å²) in [5, 5.41) is 9.01. The number of aryl methyl sites for hydroxylation is 1. The maximum absolute atomic E-state index is 11.9. The first-order valence-electron chi connectivity index (χ1n) is 6.62. The predicted octanol–water partition coefficient (Wildman–Crippen LogP) is 0.246. The highest BCUT2D eigenvalue weighted by Crippen LogP contribution is 2.09. The van der Waals surface area contributed by atoms with E-state index in [2.05, 4.69) is 20.5 Å². The van der Waals surface area contributed by atoms with Crippen LogP contribution in [0.25, 0.3) is 0 Å². The van der Waals surface area contributed by atoms with Crippen LogP contribution in [-0.2, 0) is 4.79 Å². The first kappa shape index (κ1) is 13.5. The number of aromatic nitrogens is 3. The van der Waals surface area contributed by atoms with Crippen LogP contribution in [-0.4, -0.2) is 51.5 Å². The molecular formula is C12H19N5O2. The molecular weight excluding hydrogens is 246 g/mol. The van der Waals surface area contributed by atoms with Crippen LogP contribution in [0.4, 0.5) is 0 Å². The van der Waals surface area contributed by atoms with Crippen molar-refractivity contribution < 1.29 is 9.59 Å². The Bertz CT molecular complexity index is 451. The van der Waals surface area contributed by atoms with Gasteiger partial charge in [-0.05, 0) is 26.2 Å². The third kappa shape index (κ3) is 3.77. The Labute approximate surface area is 111 Å². The molecule has 0 radical (unpaired) electrons. The Morgan fingerprint density at radius 2 is 2.05 bits per heavy atom. The number of carbonyl (C=O) groups is 2. The summed E-state index contributed by atoms with van der Waals surface area (Å²) in [6.07, 6.45) is 3.68. The van der Waals surface area contributed by atoms with Crippen LogP contribution in [0.1, 0.15) is 42.1 Å². The number of nitrogens with zero attached hydrogens (tertiary/aromatic N) is 3. The lowest BCUT2D eigenvalue weighted by Gasteiger charge is -2.26. The summed E-state index contributed by atoms with van der Waals surface area (Å²) in [6.45, 7) is 3.73. The van der Waals surface area contributed by atoms with E-state index in [-0.39, 0.29) is 17.6 Å².